The van der Waals surface area contributed by atoms with Crippen LogP contribution in [-0.4, -0.2) is 40.9 Å². The third-order valence-corrected chi connectivity index (χ3v) is 15.1. The smallest absolute Gasteiger partial charge is 0.192 e. The van der Waals surface area contributed by atoms with Crippen LogP contribution in [0.25, 0.3) is 0 Å². The van der Waals surface area contributed by atoms with E-state index in [9.17, 15) is 0 Å². The van der Waals surface area contributed by atoms with E-state index in [2.05, 4.69) is 84.1 Å². The monoisotopic (exact) mass is 421 g/mol. The molecule has 0 atom stereocenters. The summed E-state index contributed by atoms with van der Waals surface area (Å²) in [5.74, 6) is 0.738. The molecule has 0 aliphatic heterocycles. The fourth-order valence-electron chi connectivity index (χ4n) is 1.94. The molecule has 1 aromatic rings. The molecule has 1 rings (SSSR count). The summed E-state index contributed by atoms with van der Waals surface area (Å²) in [4.78, 5) is 4.35. The van der Waals surface area contributed by atoms with Crippen molar-refractivity contribution in [2.24, 2.45) is 0 Å². The predicted molar refractivity (Wildman–Crippen MR) is 123 cm³/mol. The van der Waals surface area contributed by atoms with E-state index in [1.54, 1.807) is 12.3 Å². The van der Waals surface area contributed by atoms with E-state index in [0.29, 0.717) is 18.8 Å². The van der Waals surface area contributed by atoms with Crippen molar-refractivity contribution < 1.29 is 8.85 Å². The maximum Gasteiger partial charge on any atom is 0.192 e. The Hall–Kier alpha value is -1.21. The highest BCUT2D eigenvalue weighted by Crippen LogP contribution is 2.38. The van der Waals surface area contributed by atoms with Gasteiger partial charge < -0.3 is 14.2 Å². The van der Waals surface area contributed by atoms with Crippen molar-refractivity contribution in [3.8, 4) is 6.07 Å². The van der Waals surface area contributed by atoms with Crippen LogP contribution in [0.15, 0.2) is 18.3 Å². The molecular formula is C21H39N3O2Si2. The van der Waals surface area contributed by atoms with Crippen LogP contribution in [0.3, 0.4) is 0 Å². The first-order chi connectivity index (χ1) is 12.6. The molecule has 0 saturated carbocycles. The lowest BCUT2D eigenvalue weighted by Crippen LogP contribution is -2.47. The van der Waals surface area contributed by atoms with Crippen LogP contribution in [0.1, 0.15) is 47.1 Å². The molecule has 1 heterocycles. The number of nitrogens with one attached hydrogen (secondary N) is 1. The molecule has 1 N–H and O–H groups in total. The van der Waals surface area contributed by atoms with Gasteiger partial charge in [0.05, 0.1) is 24.8 Å². The second-order valence-corrected chi connectivity index (χ2v) is 20.1. The highest BCUT2D eigenvalue weighted by atomic mass is 28.4. The van der Waals surface area contributed by atoms with E-state index >= 15 is 0 Å². The molecule has 0 radical (unpaired) electrons. The zero-order valence-electron chi connectivity index (χ0n) is 19.4. The van der Waals surface area contributed by atoms with Gasteiger partial charge in [0.2, 0.25) is 0 Å². The van der Waals surface area contributed by atoms with Gasteiger partial charge in [0.1, 0.15) is 11.9 Å². The molecule has 28 heavy (non-hydrogen) atoms. The first kappa shape index (κ1) is 24.8. The molecular weight excluding hydrogens is 382 g/mol. The van der Waals surface area contributed by atoms with E-state index in [1.807, 2.05) is 6.07 Å². The van der Waals surface area contributed by atoms with Crippen molar-refractivity contribution in [2.75, 3.05) is 18.5 Å². The lowest BCUT2D eigenvalue weighted by Gasteiger charge is -2.39. The lowest BCUT2D eigenvalue weighted by atomic mass is 10.2. The Morgan fingerprint density at radius 1 is 0.964 bits per heavy atom. The summed E-state index contributed by atoms with van der Waals surface area (Å²) in [6.07, 6.45) is 1.59. The number of nitrogens with zero attached hydrogens (tertiary/aromatic N) is 2. The van der Waals surface area contributed by atoms with Gasteiger partial charge in [-0.15, -0.1) is 0 Å². The minimum Gasteiger partial charge on any atom is -0.415 e. The van der Waals surface area contributed by atoms with Crippen molar-refractivity contribution in [2.45, 2.75) is 83.8 Å². The Kier molecular flexibility index (Phi) is 8.05. The first-order valence-electron chi connectivity index (χ1n) is 10.00. The third kappa shape index (κ3) is 7.00. The number of hydrogen-bond donors (Lipinski definition) is 1. The van der Waals surface area contributed by atoms with E-state index < -0.39 is 16.6 Å². The first-order valence-corrected chi connectivity index (χ1v) is 15.8. The quantitative estimate of drug-likeness (QED) is 0.539. The van der Waals surface area contributed by atoms with Crippen LogP contribution >= 0.6 is 0 Å². The summed E-state index contributed by atoms with van der Waals surface area (Å²) >= 11 is 0. The number of hydrogen-bond acceptors (Lipinski definition) is 5. The van der Waals surface area contributed by atoms with E-state index in [4.69, 9.17) is 14.1 Å². The van der Waals surface area contributed by atoms with Crippen molar-refractivity contribution in [3.05, 3.63) is 23.9 Å². The number of nitriles is 1. The standard InChI is InChI=1S/C21H39N3O2Si2/c1-20(2,3)27(7,8)25-15-18(16-26-28(9,10)21(4,5)6)24-19-12-11-17(13-22)14-23-19/h11-12,14,18H,15-16H2,1-10H3,(H,23,24). The Labute approximate surface area is 174 Å². The van der Waals surface area contributed by atoms with Crippen LogP contribution < -0.4 is 5.32 Å². The van der Waals surface area contributed by atoms with Crippen molar-refractivity contribution in [3.63, 3.8) is 0 Å². The zero-order chi connectivity index (χ0) is 21.8. The maximum atomic E-state index is 8.97. The highest BCUT2D eigenvalue weighted by Gasteiger charge is 2.39. The summed E-state index contributed by atoms with van der Waals surface area (Å²) in [5.41, 5.74) is 0.553. The summed E-state index contributed by atoms with van der Waals surface area (Å²) in [7, 11) is -3.72. The average molecular weight is 422 g/mol. The van der Waals surface area contributed by atoms with Crippen LogP contribution in [0.4, 0.5) is 5.82 Å². The topological polar surface area (TPSA) is 67.2 Å². The summed E-state index contributed by atoms with van der Waals surface area (Å²) in [6.45, 7) is 23.7. The van der Waals surface area contributed by atoms with Gasteiger partial charge in [0, 0.05) is 6.20 Å². The minimum atomic E-state index is -1.86. The summed E-state index contributed by atoms with van der Waals surface area (Å²) in [6, 6.07) is 5.72. The maximum absolute atomic E-state index is 8.97. The molecule has 0 amide bonds. The van der Waals surface area contributed by atoms with Gasteiger partial charge in [-0.2, -0.15) is 5.26 Å². The number of rotatable bonds is 8. The van der Waals surface area contributed by atoms with Crippen molar-refractivity contribution >= 4 is 22.5 Å². The van der Waals surface area contributed by atoms with Crippen LogP contribution in [0, 0.1) is 11.3 Å². The predicted octanol–water partition coefficient (Wildman–Crippen LogP) is 5.78. The number of aromatic nitrogens is 1. The summed E-state index contributed by atoms with van der Waals surface area (Å²) < 4.78 is 12.9. The molecule has 7 heteroatoms. The molecule has 0 aliphatic carbocycles. The SMILES string of the molecule is CC(C)(C)[Si](C)(C)OCC(CO[Si](C)(C)C(C)(C)C)Nc1ccc(C#N)cn1. The molecule has 0 bridgehead atoms. The molecule has 0 fully saturated rings. The Balaban J connectivity index is 2.91. The van der Waals surface area contributed by atoms with Gasteiger partial charge in [0.15, 0.2) is 16.6 Å². The lowest BCUT2D eigenvalue weighted by molar-refractivity contribution is 0.207. The van der Waals surface area contributed by atoms with Gasteiger partial charge >= 0.3 is 0 Å². The van der Waals surface area contributed by atoms with E-state index in [1.165, 1.54) is 0 Å². The largest absolute Gasteiger partial charge is 0.415 e. The van der Waals surface area contributed by atoms with Gasteiger partial charge in [-0.25, -0.2) is 4.98 Å². The molecule has 158 valence electrons. The fraction of sp³-hybridized carbons (Fsp3) is 0.714. The van der Waals surface area contributed by atoms with E-state index in [0.717, 1.165) is 5.82 Å². The molecule has 0 saturated heterocycles. The van der Waals surface area contributed by atoms with Gasteiger partial charge in [-0.05, 0) is 48.4 Å². The Bertz CT molecular complexity index is 639. The Morgan fingerprint density at radius 2 is 1.43 bits per heavy atom. The fourth-order valence-corrected chi connectivity index (χ4v) is 4.04. The van der Waals surface area contributed by atoms with Crippen molar-refractivity contribution in [1.82, 2.24) is 4.98 Å². The molecule has 0 aliphatic rings. The number of anilines is 1. The second kappa shape index (κ2) is 9.08. The minimum absolute atomic E-state index is 0.00341. The highest BCUT2D eigenvalue weighted by molar-refractivity contribution is 6.74. The van der Waals surface area contributed by atoms with Crippen molar-refractivity contribution in [1.29, 1.82) is 5.26 Å². The van der Waals surface area contributed by atoms with Crippen LogP contribution in [0.2, 0.25) is 36.3 Å². The average Bonchev–Trinajstić information content (AvgIpc) is 2.56. The molecule has 0 spiro atoms. The Morgan fingerprint density at radius 3 is 1.75 bits per heavy atom. The van der Waals surface area contributed by atoms with E-state index in [-0.39, 0.29) is 16.1 Å². The molecule has 0 aromatic carbocycles. The zero-order valence-corrected chi connectivity index (χ0v) is 21.4. The normalized spacial score (nSPS) is 13.5. The molecule has 1 aromatic heterocycles. The third-order valence-electron chi connectivity index (χ3n) is 6.15. The van der Waals surface area contributed by atoms with Crippen LogP contribution in [0.5, 0.6) is 0 Å². The van der Waals surface area contributed by atoms with Crippen LogP contribution in [-0.2, 0) is 8.85 Å². The summed E-state index contributed by atoms with van der Waals surface area (Å²) in [5, 5.41) is 12.7. The number of pyridine rings is 1. The molecule has 5 nitrogen and oxygen atoms in total. The van der Waals surface area contributed by atoms with Gasteiger partial charge in [-0.1, -0.05) is 41.5 Å². The second-order valence-electron chi connectivity index (χ2n) is 10.5. The van der Waals surface area contributed by atoms with Gasteiger partial charge in [-0.3, -0.25) is 0 Å². The van der Waals surface area contributed by atoms with Gasteiger partial charge in [0.25, 0.3) is 0 Å². The molecule has 0 unspecified atom stereocenters.